The average molecular weight is 250 g/mol. The second-order valence-electron chi connectivity index (χ2n) is 4.97. The highest BCUT2D eigenvalue weighted by Gasteiger charge is 2.15. The zero-order chi connectivity index (χ0) is 12.8. The molecule has 0 amide bonds. The molecular weight excluding hydrogens is 228 g/mol. The van der Waals surface area contributed by atoms with Crippen LogP contribution in [0.3, 0.4) is 0 Å². The van der Waals surface area contributed by atoms with Gasteiger partial charge in [0.05, 0.1) is 6.61 Å². The van der Waals surface area contributed by atoms with Gasteiger partial charge >= 0.3 is 0 Å². The van der Waals surface area contributed by atoms with Crippen molar-refractivity contribution in [2.75, 3.05) is 26.4 Å². The van der Waals surface area contributed by atoms with Crippen LogP contribution < -0.4 is 0 Å². The molecule has 1 aliphatic heterocycles. The minimum absolute atomic E-state index is 0.377. The lowest BCUT2D eigenvalue weighted by molar-refractivity contribution is -0.00979. The molecule has 0 aliphatic carbocycles. The van der Waals surface area contributed by atoms with E-state index in [0.29, 0.717) is 12.5 Å². The fourth-order valence-electron chi connectivity index (χ4n) is 2.31. The first-order valence-electron chi connectivity index (χ1n) is 6.66. The zero-order valence-electron chi connectivity index (χ0n) is 11.0. The highest BCUT2D eigenvalue weighted by molar-refractivity contribution is 5.27. The second kappa shape index (κ2) is 6.88. The van der Waals surface area contributed by atoms with Gasteiger partial charge in [-0.2, -0.15) is 0 Å². The molecule has 0 spiro atoms. The van der Waals surface area contributed by atoms with E-state index in [1.807, 2.05) is 31.2 Å². The van der Waals surface area contributed by atoms with Gasteiger partial charge in [0.1, 0.15) is 6.10 Å². The van der Waals surface area contributed by atoms with Gasteiger partial charge in [0.15, 0.2) is 0 Å². The van der Waals surface area contributed by atoms with E-state index in [9.17, 15) is 5.11 Å². The van der Waals surface area contributed by atoms with Crippen LogP contribution in [0.4, 0.5) is 0 Å². The number of benzene rings is 1. The molecule has 1 aromatic carbocycles. The van der Waals surface area contributed by atoms with E-state index in [1.165, 1.54) is 0 Å². The van der Waals surface area contributed by atoms with Crippen LogP contribution >= 0.6 is 0 Å². The van der Waals surface area contributed by atoms with Crippen molar-refractivity contribution in [1.82, 2.24) is 0 Å². The number of ether oxygens (including phenoxy) is 2. The summed E-state index contributed by atoms with van der Waals surface area (Å²) in [4.78, 5) is 0. The molecule has 1 heterocycles. The van der Waals surface area contributed by atoms with Gasteiger partial charge in [0.25, 0.3) is 0 Å². The number of aliphatic hydroxyl groups is 1. The highest BCUT2D eigenvalue weighted by atomic mass is 16.5. The van der Waals surface area contributed by atoms with Crippen molar-refractivity contribution < 1.29 is 14.6 Å². The molecule has 1 atom stereocenters. The third kappa shape index (κ3) is 3.80. The molecule has 0 radical (unpaired) electrons. The van der Waals surface area contributed by atoms with Gasteiger partial charge < -0.3 is 14.6 Å². The van der Waals surface area contributed by atoms with Crippen LogP contribution in [0.15, 0.2) is 24.3 Å². The Labute approximate surface area is 109 Å². The summed E-state index contributed by atoms with van der Waals surface area (Å²) >= 11 is 0. The van der Waals surface area contributed by atoms with Crippen molar-refractivity contribution in [3.63, 3.8) is 0 Å². The van der Waals surface area contributed by atoms with E-state index in [-0.39, 0.29) is 0 Å². The topological polar surface area (TPSA) is 38.7 Å². The van der Waals surface area contributed by atoms with E-state index < -0.39 is 6.10 Å². The third-order valence-electron chi connectivity index (χ3n) is 3.52. The zero-order valence-corrected chi connectivity index (χ0v) is 11.0. The first-order valence-corrected chi connectivity index (χ1v) is 6.66. The summed E-state index contributed by atoms with van der Waals surface area (Å²) in [6, 6.07) is 7.90. The first-order chi connectivity index (χ1) is 8.77. The number of aliphatic hydroxyl groups excluding tert-OH is 1. The van der Waals surface area contributed by atoms with Crippen LogP contribution in [-0.2, 0) is 9.47 Å². The maximum absolute atomic E-state index is 10.1. The predicted octanol–water partition coefficient (Wildman–Crippen LogP) is 2.47. The lowest BCUT2D eigenvalue weighted by atomic mass is 10.0. The SMILES string of the molecule is Cc1ccccc1C(O)COCC1CCOCC1. The highest BCUT2D eigenvalue weighted by Crippen LogP contribution is 2.19. The molecule has 3 heteroatoms. The van der Waals surface area contributed by atoms with Crippen LogP contribution in [0, 0.1) is 12.8 Å². The molecule has 0 saturated carbocycles. The molecule has 1 N–H and O–H groups in total. The average Bonchev–Trinajstić information content (AvgIpc) is 2.40. The normalized spacial score (nSPS) is 18.8. The van der Waals surface area contributed by atoms with E-state index in [0.717, 1.165) is 43.8 Å². The first kappa shape index (κ1) is 13.5. The summed E-state index contributed by atoms with van der Waals surface area (Å²) in [5, 5.41) is 10.1. The summed E-state index contributed by atoms with van der Waals surface area (Å²) in [5.74, 6) is 0.586. The molecule has 1 saturated heterocycles. The Hall–Kier alpha value is -0.900. The lowest BCUT2D eigenvalue weighted by Crippen LogP contribution is -2.21. The molecule has 100 valence electrons. The van der Waals surface area contributed by atoms with Crippen molar-refractivity contribution >= 4 is 0 Å². The molecule has 1 fully saturated rings. The van der Waals surface area contributed by atoms with Gasteiger partial charge in [-0.1, -0.05) is 24.3 Å². The van der Waals surface area contributed by atoms with Crippen LogP contribution in [0.2, 0.25) is 0 Å². The standard InChI is InChI=1S/C15H22O3/c1-12-4-2-3-5-14(12)15(16)11-18-10-13-6-8-17-9-7-13/h2-5,13,15-16H,6-11H2,1H3. The Bertz CT molecular complexity index is 359. The molecule has 1 aliphatic rings. The van der Waals surface area contributed by atoms with Crippen LogP contribution in [0.5, 0.6) is 0 Å². The number of hydrogen-bond acceptors (Lipinski definition) is 3. The summed E-state index contributed by atoms with van der Waals surface area (Å²) in [5.41, 5.74) is 2.07. The number of rotatable bonds is 5. The quantitative estimate of drug-likeness (QED) is 0.872. The van der Waals surface area contributed by atoms with Gasteiger partial charge in [-0.05, 0) is 36.8 Å². The molecule has 3 nitrogen and oxygen atoms in total. The van der Waals surface area contributed by atoms with Crippen molar-refractivity contribution in [2.45, 2.75) is 25.9 Å². The summed E-state index contributed by atoms with van der Waals surface area (Å²) in [6.45, 7) is 4.80. The van der Waals surface area contributed by atoms with Crippen molar-refractivity contribution in [3.05, 3.63) is 35.4 Å². The predicted molar refractivity (Wildman–Crippen MR) is 70.5 cm³/mol. The van der Waals surface area contributed by atoms with Crippen molar-refractivity contribution in [3.8, 4) is 0 Å². The maximum atomic E-state index is 10.1. The Morgan fingerprint density at radius 3 is 2.78 bits per heavy atom. The van der Waals surface area contributed by atoms with Gasteiger partial charge in [0.2, 0.25) is 0 Å². The van der Waals surface area contributed by atoms with E-state index in [4.69, 9.17) is 9.47 Å². The van der Waals surface area contributed by atoms with Crippen LogP contribution in [0.25, 0.3) is 0 Å². The third-order valence-corrected chi connectivity index (χ3v) is 3.52. The van der Waals surface area contributed by atoms with Gasteiger partial charge in [-0.3, -0.25) is 0 Å². The number of hydrogen-bond donors (Lipinski definition) is 1. The minimum atomic E-state index is -0.522. The molecule has 18 heavy (non-hydrogen) atoms. The number of aryl methyl sites for hydroxylation is 1. The van der Waals surface area contributed by atoms with Gasteiger partial charge in [-0.15, -0.1) is 0 Å². The Kier molecular flexibility index (Phi) is 5.17. The molecular formula is C15H22O3. The van der Waals surface area contributed by atoms with E-state index in [1.54, 1.807) is 0 Å². The fraction of sp³-hybridized carbons (Fsp3) is 0.600. The van der Waals surface area contributed by atoms with Gasteiger partial charge in [0, 0.05) is 19.8 Å². The van der Waals surface area contributed by atoms with Gasteiger partial charge in [-0.25, -0.2) is 0 Å². The van der Waals surface area contributed by atoms with Crippen LogP contribution in [0.1, 0.15) is 30.1 Å². The molecule has 1 unspecified atom stereocenters. The van der Waals surface area contributed by atoms with Crippen molar-refractivity contribution in [2.24, 2.45) is 5.92 Å². The largest absolute Gasteiger partial charge is 0.386 e. The summed E-state index contributed by atoms with van der Waals surface area (Å²) in [7, 11) is 0. The smallest absolute Gasteiger partial charge is 0.103 e. The fourth-order valence-corrected chi connectivity index (χ4v) is 2.31. The van der Waals surface area contributed by atoms with Crippen LogP contribution in [-0.4, -0.2) is 31.5 Å². The minimum Gasteiger partial charge on any atom is -0.386 e. The molecule has 0 bridgehead atoms. The summed E-state index contributed by atoms with van der Waals surface area (Å²) < 4.78 is 10.9. The molecule has 0 aromatic heterocycles. The lowest BCUT2D eigenvalue weighted by Gasteiger charge is -2.22. The van der Waals surface area contributed by atoms with E-state index in [2.05, 4.69) is 0 Å². The second-order valence-corrected chi connectivity index (χ2v) is 4.97. The maximum Gasteiger partial charge on any atom is 0.103 e. The Morgan fingerprint density at radius 2 is 2.06 bits per heavy atom. The molecule has 1 aromatic rings. The van der Waals surface area contributed by atoms with E-state index >= 15 is 0 Å². The Balaban J connectivity index is 1.74. The monoisotopic (exact) mass is 250 g/mol. The Morgan fingerprint density at radius 1 is 1.33 bits per heavy atom. The summed E-state index contributed by atoms with van der Waals surface area (Å²) in [6.07, 6.45) is 1.62. The molecule has 2 rings (SSSR count). The van der Waals surface area contributed by atoms with Crippen molar-refractivity contribution in [1.29, 1.82) is 0 Å².